The monoisotopic (exact) mass is 245 g/mol. The standard InChI is InChI=1S/C13H15N3O2/c1-13(12(17)18)6-3-7-16(9-13)11-5-2-4-10(8-14)15-11/h2,4-5H,3,6-7,9H2,1H3,(H,17,18). The summed E-state index contributed by atoms with van der Waals surface area (Å²) in [7, 11) is 0. The first-order valence-corrected chi connectivity index (χ1v) is 5.91. The number of carboxylic acids is 1. The van der Waals surface area contributed by atoms with E-state index in [4.69, 9.17) is 5.26 Å². The molecular weight excluding hydrogens is 230 g/mol. The summed E-state index contributed by atoms with van der Waals surface area (Å²) in [6, 6.07) is 7.22. The highest BCUT2D eigenvalue weighted by Gasteiger charge is 2.38. The molecule has 1 aromatic rings. The minimum atomic E-state index is -0.774. The van der Waals surface area contributed by atoms with Crippen LogP contribution in [0.2, 0.25) is 0 Å². The van der Waals surface area contributed by atoms with Gasteiger partial charge in [0.15, 0.2) is 0 Å². The fourth-order valence-corrected chi connectivity index (χ4v) is 2.27. The summed E-state index contributed by atoms with van der Waals surface area (Å²) in [5.41, 5.74) is -0.377. The van der Waals surface area contributed by atoms with Crippen molar-refractivity contribution in [3.63, 3.8) is 0 Å². The second-order valence-electron chi connectivity index (χ2n) is 4.88. The van der Waals surface area contributed by atoms with Gasteiger partial charge in [-0.2, -0.15) is 5.26 Å². The van der Waals surface area contributed by atoms with Crippen LogP contribution in [0.1, 0.15) is 25.5 Å². The molecule has 0 saturated carbocycles. The molecule has 0 spiro atoms. The molecule has 18 heavy (non-hydrogen) atoms. The Morgan fingerprint density at radius 3 is 3.06 bits per heavy atom. The molecule has 2 rings (SSSR count). The van der Waals surface area contributed by atoms with Crippen molar-refractivity contribution in [1.82, 2.24) is 4.98 Å². The van der Waals surface area contributed by atoms with Crippen molar-refractivity contribution in [1.29, 1.82) is 5.26 Å². The highest BCUT2D eigenvalue weighted by Crippen LogP contribution is 2.31. The predicted octanol–water partition coefficient (Wildman–Crippen LogP) is 1.64. The first-order chi connectivity index (χ1) is 8.55. The molecule has 0 amide bonds. The SMILES string of the molecule is CC1(C(=O)O)CCCN(c2cccc(C#N)n2)C1. The van der Waals surface area contributed by atoms with Gasteiger partial charge in [0.25, 0.3) is 0 Å². The molecular formula is C13H15N3O2. The third-order valence-corrected chi connectivity index (χ3v) is 3.39. The Balaban J connectivity index is 2.23. The second kappa shape index (κ2) is 4.65. The molecule has 2 heterocycles. The molecule has 1 aromatic heterocycles. The van der Waals surface area contributed by atoms with Crippen LogP contribution in [0, 0.1) is 16.7 Å². The minimum Gasteiger partial charge on any atom is -0.481 e. The summed E-state index contributed by atoms with van der Waals surface area (Å²) in [5.74, 6) is -0.0927. The molecule has 1 unspecified atom stereocenters. The van der Waals surface area contributed by atoms with Crippen LogP contribution in [0.5, 0.6) is 0 Å². The second-order valence-corrected chi connectivity index (χ2v) is 4.88. The Morgan fingerprint density at radius 1 is 1.61 bits per heavy atom. The number of nitrogens with zero attached hydrogens (tertiary/aromatic N) is 3. The zero-order chi connectivity index (χ0) is 13.2. The van der Waals surface area contributed by atoms with Gasteiger partial charge in [-0.1, -0.05) is 6.07 Å². The molecule has 1 atom stereocenters. The van der Waals surface area contributed by atoms with Crippen LogP contribution < -0.4 is 4.90 Å². The first-order valence-electron chi connectivity index (χ1n) is 5.91. The molecule has 1 aliphatic rings. The average Bonchev–Trinajstić information content (AvgIpc) is 2.39. The molecule has 94 valence electrons. The average molecular weight is 245 g/mol. The Morgan fingerprint density at radius 2 is 2.39 bits per heavy atom. The highest BCUT2D eigenvalue weighted by molar-refractivity contribution is 5.75. The lowest BCUT2D eigenvalue weighted by Gasteiger charge is -2.38. The van der Waals surface area contributed by atoms with Crippen molar-refractivity contribution in [2.45, 2.75) is 19.8 Å². The molecule has 1 fully saturated rings. The van der Waals surface area contributed by atoms with Crippen molar-refractivity contribution in [3.8, 4) is 6.07 Å². The van der Waals surface area contributed by atoms with Crippen molar-refractivity contribution >= 4 is 11.8 Å². The van der Waals surface area contributed by atoms with Crippen LogP contribution in [0.25, 0.3) is 0 Å². The third kappa shape index (κ3) is 2.28. The summed E-state index contributed by atoms with van der Waals surface area (Å²) in [6.07, 6.45) is 1.50. The van der Waals surface area contributed by atoms with E-state index in [1.807, 2.05) is 17.0 Å². The van der Waals surface area contributed by atoms with E-state index in [1.54, 1.807) is 19.1 Å². The normalized spacial score (nSPS) is 23.4. The zero-order valence-electron chi connectivity index (χ0n) is 10.3. The molecule has 0 aromatic carbocycles. The number of piperidine rings is 1. The Labute approximate surface area is 106 Å². The topological polar surface area (TPSA) is 77.2 Å². The van der Waals surface area contributed by atoms with Crippen molar-refractivity contribution in [2.24, 2.45) is 5.41 Å². The van der Waals surface area contributed by atoms with E-state index in [1.165, 1.54) is 0 Å². The fourth-order valence-electron chi connectivity index (χ4n) is 2.27. The van der Waals surface area contributed by atoms with Gasteiger partial charge in [-0.25, -0.2) is 4.98 Å². The quantitative estimate of drug-likeness (QED) is 0.857. The summed E-state index contributed by atoms with van der Waals surface area (Å²) in [6.45, 7) is 2.98. The summed E-state index contributed by atoms with van der Waals surface area (Å²) in [5, 5.41) is 18.1. The van der Waals surface area contributed by atoms with Gasteiger partial charge in [-0.15, -0.1) is 0 Å². The number of aromatic nitrogens is 1. The molecule has 1 saturated heterocycles. The number of rotatable bonds is 2. The van der Waals surface area contributed by atoms with E-state index in [2.05, 4.69) is 4.98 Å². The Hall–Kier alpha value is -2.09. The third-order valence-electron chi connectivity index (χ3n) is 3.39. The van der Waals surface area contributed by atoms with Gasteiger partial charge in [0.05, 0.1) is 5.41 Å². The van der Waals surface area contributed by atoms with E-state index < -0.39 is 11.4 Å². The van der Waals surface area contributed by atoms with Gasteiger partial charge < -0.3 is 10.0 Å². The van der Waals surface area contributed by atoms with Crippen molar-refractivity contribution in [3.05, 3.63) is 23.9 Å². The summed E-state index contributed by atoms with van der Waals surface area (Å²) < 4.78 is 0. The molecule has 5 heteroatoms. The van der Waals surface area contributed by atoms with Gasteiger partial charge in [-0.05, 0) is 31.9 Å². The largest absolute Gasteiger partial charge is 0.481 e. The van der Waals surface area contributed by atoms with Crippen molar-refractivity contribution in [2.75, 3.05) is 18.0 Å². The van der Waals surface area contributed by atoms with Crippen LogP contribution in [-0.2, 0) is 4.79 Å². The van der Waals surface area contributed by atoms with E-state index in [0.29, 0.717) is 24.5 Å². The predicted molar refractivity (Wildman–Crippen MR) is 66.1 cm³/mol. The zero-order valence-corrected chi connectivity index (χ0v) is 10.3. The van der Waals surface area contributed by atoms with Crippen LogP contribution >= 0.6 is 0 Å². The van der Waals surface area contributed by atoms with Crippen molar-refractivity contribution < 1.29 is 9.90 Å². The maximum absolute atomic E-state index is 11.3. The number of anilines is 1. The van der Waals surface area contributed by atoms with Gasteiger partial charge in [0.2, 0.25) is 0 Å². The minimum absolute atomic E-state index is 0.357. The Kier molecular flexibility index (Phi) is 3.19. The number of nitriles is 1. The van der Waals surface area contributed by atoms with E-state index in [0.717, 1.165) is 13.0 Å². The number of aliphatic carboxylic acids is 1. The lowest BCUT2D eigenvalue weighted by molar-refractivity contribution is -0.148. The van der Waals surface area contributed by atoms with E-state index >= 15 is 0 Å². The first kappa shape index (κ1) is 12.4. The summed E-state index contributed by atoms with van der Waals surface area (Å²) >= 11 is 0. The van der Waals surface area contributed by atoms with E-state index in [9.17, 15) is 9.90 Å². The number of hydrogen-bond acceptors (Lipinski definition) is 4. The maximum atomic E-state index is 11.3. The Bertz CT molecular complexity index is 509. The van der Waals surface area contributed by atoms with Gasteiger partial charge in [-0.3, -0.25) is 4.79 Å². The molecule has 5 nitrogen and oxygen atoms in total. The van der Waals surface area contributed by atoms with Crippen LogP contribution in [-0.4, -0.2) is 29.1 Å². The lowest BCUT2D eigenvalue weighted by atomic mass is 9.82. The number of carboxylic acid groups (broad SMARTS) is 1. The highest BCUT2D eigenvalue weighted by atomic mass is 16.4. The fraction of sp³-hybridized carbons (Fsp3) is 0.462. The van der Waals surface area contributed by atoms with Gasteiger partial charge in [0, 0.05) is 13.1 Å². The number of carbonyl (C=O) groups is 1. The molecule has 0 aliphatic carbocycles. The van der Waals surface area contributed by atoms with E-state index in [-0.39, 0.29) is 0 Å². The van der Waals surface area contributed by atoms with Crippen LogP contribution in [0.4, 0.5) is 5.82 Å². The lowest BCUT2D eigenvalue weighted by Crippen LogP contribution is -2.46. The maximum Gasteiger partial charge on any atom is 0.311 e. The summed E-state index contributed by atoms with van der Waals surface area (Å²) in [4.78, 5) is 17.4. The molecule has 0 bridgehead atoms. The van der Waals surface area contributed by atoms with Gasteiger partial charge in [0.1, 0.15) is 17.6 Å². The number of pyridine rings is 1. The number of hydrogen-bond donors (Lipinski definition) is 1. The molecule has 1 aliphatic heterocycles. The molecule has 1 N–H and O–H groups in total. The van der Waals surface area contributed by atoms with Crippen LogP contribution in [0.3, 0.4) is 0 Å². The van der Waals surface area contributed by atoms with Crippen LogP contribution in [0.15, 0.2) is 18.2 Å². The molecule has 0 radical (unpaired) electrons. The van der Waals surface area contributed by atoms with Gasteiger partial charge >= 0.3 is 5.97 Å². The smallest absolute Gasteiger partial charge is 0.311 e.